The lowest BCUT2D eigenvalue weighted by Crippen LogP contribution is -1.95. The third-order valence-electron chi connectivity index (χ3n) is 6.63. The van der Waals surface area contributed by atoms with Crippen molar-refractivity contribution in [2.45, 2.75) is 167 Å². The second-order valence-electron chi connectivity index (χ2n) is 11.5. The van der Waals surface area contributed by atoms with Crippen LogP contribution in [0.1, 0.15) is 167 Å². The quantitative estimate of drug-likeness (QED) is 0.0354. The third kappa shape index (κ3) is 70.2. The van der Waals surface area contributed by atoms with Crippen LogP contribution in [0.5, 0.6) is 0 Å². The van der Waals surface area contributed by atoms with Crippen LogP contribution in [0.4, 0.5) is 0 Å². The van der Waals surface area contributed by atoms with Gasteiger partial charge in [0.1, 0.15) is 0 Å². The fourth-order valence-corrected chi connectivity index (χ4v) is 3.98. The Morgan fingerprint density at radius 1 is 0.180 bits per heavy atom. The van der Waals surface area contributed by atoms with E-state index in [2.05, 4.69) is 0 Å². The molecule has 0 spiro atoms. The lowest BCUT2D eigenvalue weighted by molar-refractivity contribution is -0.138. The van der Waals surface area contributed by atoms with E-state index in [4.69, 9.17) is 40.9 Å². The van der Waals surface area contributed by atoms with Crippen molar-refractivity contribution in [1.82, 2.24) is 0 Å². The van der Waals surface area contributed by atoms with Gasteiger partial charge in [-0.25, -0.2) is 0 Å². The van der Waals surface area contributed by atoms with Crippen LogP contribution in [-0.2, 0) is 38.4 Å². The molecule has 0 aromatic carbocycles. The number of carboxylic acids is 8. The topological polar surface area (TPSA) is 298 Å². The smallest absolute Gasteiger partial charge is 0.303 e. The molecule has 0 atom stereocenters. The van der Waals surface area contributed by atoms with Crippen LogP contribution in [0.2, 0.25) is 0 Å². The average Bonchev–Trinajstić information content (AvgIpc) is 2.99. The van der Waals surface area contributed by atoms with Gasteiger partial charge >= 0.3 is 47.8 Å². The number of rotatable bonds is 30. The van der Waals surface area contributed by atoms with Gasteiger partial charge in [0.05, 0.1) is 0 Å². The molecule has 0 amide bonds. The molecular formula is C34H60O16. The molecular weight excluding hydrogens is 664 g/mol. The molecule has 0 aromatic rings. The molecule has 0 radical (unpaired) electrons. The van der Waals surface area contributed by atoms with Crippen molar-refractivity contribution in [3.8, 4) is 0 Å². The zero-order chi connectivity index (χ0) is 39.0. The molecule has 0 saturated heterocycles. The summed E-state index contributed by atoms with van der Waals surface area (Å²) in [5.41, 5.74) is 0. The SMILES string of the molecule is O=C(O)CCCCCCC(=O)O.O=C(O)CCCCCCC(=O)O.O=C(O)CCCCCCCC(=O)O.O=C(O)CCCCCCCC(=O)O. The van der Waals surface area contributed by atoms with Gasteiger partial charge in [0, 0.05) is 51.4 Å². The van der Waals surface area contributed by atoms with Crippen LogP contribution in [0.3, 0.4) is 0 Å². The zero-order valence-electron chi connectivity index (χ0n) is 29.2. The van der Waals surface area contributed by atoms with Gasteiger partial charge in [-0.2, -0.15) is 0 Å². The predicted octanol–water partition coefficient (Wildman–Crippen LogP) is 6.77. The summed E-state index contributed by atoms with van der Waals surface area (Å²) in [5, 5.41) is 66.3. The van der Waals surface area contributed by atoms with Crippen molar-refractivity contribution in [3.05, 3.63) is 0 Å². The molecule has 292 valence electrons. The van der Waals surface area contributed by atoms with Crippen molar-refractivity contribution >= 4 is 47.8 Å². The van der Waals surface area contributed by atoms with Crippen molar-refractivity contribution in [2.75, 3.05) is 0 Å². The van der Waals surface area contributed by atoms with Gasteiger partial charge < -0.3 is 40.9 Å². The van der Waals surface area contributed by atoms with E-state index < -0.39 is 47.8 Å². The van der Waals surface area contributed by atoms with E-state index in [-0.39, 0.29) is 51.4 Å². The Morgan fingerprint density at radius 3 is 0.340 bits per heavy atom. The van der Waals surface area contributed by atoms with Crippen LogP contribution in [-0.4, -0.2) is 88.6 Å². The molecule has 0 heterocycles. The molecule has 8 N–H and O–H groups in total. The number of hydrogen-bond donors (Lipinski definition) is 8. The maximum absolute atomic E-state index is 10.1. The summed E-state index contributed by atoms with van der Waals surface area (Å²) in [6.07, 6.45) is 15.6. The summed E-state index contributed by atoms with van der Waals surface area (Å²) in [5.74, 6) is -6.17. The van der Waals surface area contributed by atoms with Gasteiger partial charge in [0.2, 0.25) is 0 Å². The molecule has 0 rings (SSSR count). The van der Waals surface area contributed by atoms with Crippen molar-refractivity contribution in [1.29, 1.82) is 0 Å². The standard InChI is InChI=1S/2C9H16O4.2C8H14O4/c2*10-8(11)6-4-2-1-3-5-7-9(12)13;2*9-7(10)5-3-1-2-4-6-8(11)12/h2*1-7H2,(H,10,11)(H,12,13);2*1-6H2,(H,9,10)(H,11,12). The van der Waals surface area contributed by atoms with E-state index in [0.717, 1.165) is 64.2 Å². The first-order valence-electron chi connectivity index (χ1n) is 17.3. The fourth-order valence-electron chi connectivity index (χ4n) is 3.98. The number of carbonyl (C=O) groups is 8. The van der Waals surface area contributed by atoms with E-state index in [1.165, 1.54) is 0 Å². The normalized spacial score (nSPS) is 9.76. The molecule has 0 bridgehead atoms. The Balaban J connectivity index is -0.000000282. The minimum Gasteiger partial charge on any atom is -0.481 e. The zero-order valence-corrected chi connectivity index (χ0v) is 29.2. The van der Waals surface area contributed by atoms with Gasteiger partial charge in [0.15, 0.2) is 0 Å². The van der Waals surface area contributed by atoms with E-state index >= 15 is 0 Å². The Morgan fingerprint density at radius 2 is 0.260 bits per heavy atom. The Hall–Kier alpha value is -4.24. The maximum Gasteiger partial charge on any atom is 0.303 e. The Kier molecular flexibility index (Phi) is 43.0. The van der Waals surface area contributed by atoms with Gasteiger partial charge in [-0.3, -0.25) is 38.4 Å². The van der Waals surface area contributed by atoms with E-state index in [1.54, 1.807) is 0 Å². The van der Waals surface area contributed by atoms with Crippen molar-refractivity contribution in [3.63, 3.8) is 0 Å². The minimum atomic E-state index is -0.784. The number of unbranched alkanes of at least 4 members (excludes halogenated alkanes) is 14. The molecule has 16 nitrogen and oxygen atoms in total. The molecule has 0 saturated carbocycles. The van der Waals surface area contributed by atoms with Crippen LogP contribution in [0.15, 0.2) is 0 Å². The summed E-state index contributed by atoms with van der Waals surface area (Å²) in [6.45, 7) is 0. The molecule has 0 aliphatic heterocycles. The Labute approximate surface area is 293 Å². The molecule has 0 aliphatic rings. The maximum atomic E-state index is 10.1. The molecule has 0 aliphatic carbocycles. The average molecular weight is 725 g/mol. The summed E-state index contributed by atoms with van der Waals surface area (Å²) in [6, 6.07) is 0. The highest BCUT2D eigenvalue weighted by Crippen LogP contribution is 2.08. The highest BCUT2D eigenvalue weighted by atomic mass is 16.4. The molecule has 0 unspecified atom stereocenters. The lowest BCUT2D eigenvalue weighted by atomic mass is 10.1. The van der Waals surface area contributed by atoms with Gasteiger partial charge in [-0.05, 0) is 51.4 Å². The Bertz CT molecular complexity index is 786. The van der Waals surface area contributed by atoms with Crippen LogP contribution in [0.25, 0.3) is 0 Å². The van der Waals surface area contributed by atoms with Gasteiger partial charge in [-0.1, -0.05) is 64.2 Å². The van der Waals surface area contributed by atoms with Crippen LogP contribution >= 0.6 is 0 Å². The fraction of sp³-hybridized carbons (Fsp3) is 0.765. The van der Waals surface area contributed by atoms with Crippen molar-refractivity contribution < 1.29 is 79.2 Å². The van der Waals surface area contributed by atoms with Crippen LogP contribution < -0.4 is 0 Å². The summed E-state index contributed by atoms with van der Waals surface area (Å²) in [4.78, 5) is 80.6. The highest BCUT2D eigenvalue weighted by Gasteiger charge is 2.01. The summed E-state index contributed by atoms with van der Waals surface area (Å²) in [7, 11) is 0. The van der Waals surface area contributed by atoms with E-state index in [9.17, 15) is 38.4 Å². The second kappa shape index (κ2) is 40.9. The highest BCUT2D eigenvalue weighted by molar-refractivity contribution is 5.68. The van der Waals surface area contributed by atoms with E-state index in [0.29, 0.717) is 51.4 Å². The predicted molar refractivity (Wildman–Crippen MR) is 181 cm³/mol. The summed E-state index contributed by atoms with van der Waals surface area (Å²) >= 11 is 0. The lowest BCUT2D eigenvalue weighted by Gasteiger charge is -1.97. The van der Waals surface area contributed by atoms with Crippen molar-refractivity contribution in [2.24, 2.45) is 0 Å². The number of hydrogen-bond acceptors (Lipinski definition) is 8. The first kappa shape index (κ1) is 52.6. The monoisotopic (exact) mass is 724 g/mol. The third-order valence-corrected chi connectivity index (χ3v) is 6.63. The minimum absolute atomic E-state index is 0.188. The molecule has 16 heteroatoms. The molecule has 0 fully saturated rings. The van der Waals surface area contributed by atoms with Gasteiger partial charge in [-0.15, -0.1) is 0 Å². The van der Waals surface area contributed by atoms with Gasteiger partial charge in [0.25, 0.3) is 0 Å². The second-order valence-corrected chi connectivity index (χ2v) is 11.5. The molecule has 50 heavy (non-hydrogen) atoms. The van der Waals surface area contributed by atoms with E-state index in [1.807, 2.05) is 0 Å². The molecule has 0 aromatic heterocycles. The largest absolute Gasteiger partial charge is 0.481 e. The first-order chi connectivity index (χ1) is 23.5. The first-order valence-corrected chi connectivity index (χ1v) is 17.3. The summed E-state index contributed by atoms with van der Waals surface area (Å²) < 4.78 is 0. The number of carboxylic acid groups (broad SMARTS) is 8. The number of aliphatic carboxylic acids is 8. The van der Waals surface area contributed by atoms with Crippen LogP contribution in [0, 0.1) is 0 Å².